The van der Waals surface area contributed by atoms with E-state index in [1.54, 1.807) is 24.3 Å². The number of anilines is 1. The summed E-state index contributed by atoms with van der Waals surface area (Å²) in [6.07, 6.45) is 3.55. The molecule has 0 saturated carbocycles. The fourth-order valence-corrected chi connectivity index (χ4v) is 2.77. The van der Waals surface area contributed by atoms with E-state index in [-0.39, 0.29) is 23.7 Å². The fourth-order valence-electron chi connectivity index (χ4n) is 2.77. The molecule has 0 bridgehead atoms. The minimum atomic E-state index is -0.284. The van der Waals surface area contributed by atoms with Gasteiger partial charge in [-0.3, -0.25) is 0 Å². The van der Waals surface area contributed by atoms with Crippen molar-refractivity contribution in [3.05, 3.63) is 47.2 Å². The zero-order valence-electron chi connectivity index (χ0n) is 13.6. The summed E-state index contributed by atoms with van der Waals surface area (Å²) in [6, 6.07) is 8.17. The van der Waals surface area contributed by atoms with Crippen molar-refractivity contribution in [2.45, 2.75) is 26.1 Å². The summed E-state index contributed by atoms with van der Waals surface area (Å²) in [5.41, 5.74) is 1.08. The smallest absolute Gasteiger partial charge is 0.235 e. The molecule has 1 aliphatic heterocycles. The SMILES string of the molecule is C[C@@H]1CN(c2oc(/C=C/c3ccc(F)cc3)nc2C#N)C[C@H](C)O1. The Hall–Kier alpha value is -2.65. The first-order chi connectivity index (χ1) is 11.5. The molecule has 1 saturated heterocycles. The minimum Gasteiger partial charge on any atom is -0.420 e. The van der Waals surface area contributed by atoms with Gasteiger partial charge in [0.2, 0.25) is 17.5 Å². The number of rotatable bonds is 3. The lowest BCUT2D eigenvalue weighted by molar-refractivity contribution is -0.00642. The molecule has 1 aliphatic rings. The topological polar surface area (TPSA) is 62.3 Å². The van der Waals surface area contributed by atoms with E-state index in [9.17, 15) is 9.65 Å². The summed E-state index contributed by atoms with van der Waals surface area (Å²) in [6.45, 7) is 5.27. The molecule has 3 rings (SSSR count). The van der Waals surface area contributed by atoms with E-state index >= 15 is 0 Å². The van der Waals surface area contributed by atoms with Gasteiger partial charge in [0.05, 0.1) is 12.2 Å². The third-order valence-electron chi connectivity index (χ3n) is 3.73. The largest absolute Gasteiger partial charge is 0.420 e. The Labute approximate surface area is 140 Å². The fraction of sp³-hybridized carbons (Fsp3) is 0.333. The van der Waals surface area contributed by atoms with Crippen molar-refractivity contribution >= 4 is 18.0 Å². The van der Waals surface area contributed by atoms with E-state index in [4.69, 9.17) is 9.15 Å². The summed E-state index contributed by atoms with van der Waals surface area (Å²) in [5.74, 6) is 0.531. The minimum absolute atomic E-state index is 0.0589. The van der Waals surface area contributed by atoms with Gasteiger partial charge in [-0.2, -0.15) is 10.2 Å². The highest BCUT2D eigenvalue weighted by atomic mass is 19.1. The average molecular weight is 327 g/mol. The maximum absolute atomic E-state index is 12.9. The molecule has 24 heavy (non-hydrogen) atoms. The first-order valence-electron chi connectivity index (χ1n) is 7.80. The number of ether oxygens (including phenoxy) is 1. The second kappa shape index (κ2) is 6.85. The van der Waals surface area contributed by atoms with Gasteiger partial charge in [0.25, 0.3) is 0 Å². The lowest BCUT2D eigenvalue weighted by atomic mass is 10.2. The summed E-state index contributed by atoms with van der Waals surface area (Å²) in [4.78, 5) is 6.20. The number of nitrogens with zero attached hydrogens (tertiary/aromatic N) is 3. The molecule has 124 valence electrons. The average Bonchev–Trinajstić information content (AvgIpc) is 2.97. The number of hydrogen-bond donors (Lipinski definition) is 0. The summed E-state index contributed by atoms with van der Waals surface area (Å²) in [5, 5.41) is 9.31. The van der Waals surface area contributed by atoms with E-state index in [2.05, 4.69) is 11.1 Å². The highest BCUT2D eigenvalue weighted by Gasteiger charge is 2.27. The van der Waals surface area contributed by atoms with E-state index in [0.29, 0.717) is 24.9 Å². The van der Waals surface area contributed by atoms with Crippen molar-refractivity contribution < 1.29 is 13.5 Å². The van der Waals surface area contributed by atoms with E-state index in [1.807, 2.05) is 18.7 Å². The Morgan fingerprint density at radius 1 is 1.21 bits per heavy atom. The second-order valence-corrected chi connectivity index (χ2v) is 5.86. The van der Waals surface area contributed by atoms with Crippen LogP contribution in [-0.4, -0.2) is 30.3 Å². The predicted octanol–water partition coefficient (Wildman–Crippen LogP) is 3.47. The standard InChI is InChI=1S/C18H18FN3O2/c1-12-10-22(11-13(2)23-12)18-16(9-20)21-17(24-18)8-5-14-3-6-15(19)7-4-14/h3-8,12-13H,10-11H2,1-2H3/b8-5+/t12-,13+. The van der Waals surface area contributed by atoms with Crippen molar-refractivity contribution in [1.29, 1.82) is 5.26 Å². The van der Waals surface area contributed by atoms with Crippen LogP contribution in [0.3, 0.4) is 0 Å². The van der Waals surface area contributed by atoms with Crippen LogP contribution in [0.4, 0.5) is 10.3 Å². The van der Waals surface area contributed by atoms with Crippen molar-refractivity contribution in [3.63, 3.8) is 0 Å². The van der Waals surface area contributed by atoms with Gasteiger partial charge < -0.3 is 14.1 Å². The van der Waals surface area contributed by atoms with Crippen LogP contribution in [0.5, 0.6) is 0 Å². The first kappa shape index (κ1) is 16.2. The maximum atomic E-state index is 12.9. The van der Waals surface area contributed by atoms with Crippen molar-refractivity contribution in [2.75, 3.05) is 18.0 Å². The van der Waals surface area contributed by atoms with Crippen LogP contribution in [0.25, 0.3) is 12.2 Å². The van der Waals surface area contributed by atoms with E-state index in [0.717, 1.165) is 5.56 Å². The number of nitriles is 1. The molecule has 0 spiro atoms. The maximum Gasteiger partial charge on any atom is 0.235 e. The Morgan fingerprint density at radius 2 is 1.88 bits per heavy atom. The van der Waals surface area contributed by atoms with Crippen LogP contribution in [-0.2, 0) is 4.74 Å². The lowest BCUT2D eigenvalue weighted by Crippen LogP contribution is -2.45. The second-order valence-electron chi connectivity index (χ2n) is 5.86. The molecule has 5 nitrogen and oxygen atoms in total. The van der Waals surface area contributed by atoms with E-state index in [1.165, 1.54) is 12.1 Å². The molecular weight excluding hydrogens is 309 g/mol. The number of oxazole rings is 1. The summed E-state index contributed by atoms with van der Waals surface area (Å²) in [7, 11) is 0. The molecule has 2 aromatic rings. The Bertz CT molecular complexity index is 767. The van der Waals surface area contributed by atoms with Gasteiger partial charge >= 0.3 is 0 Å². The van der Waals surface area contributed by atoms with Gasteiger partial charge in [-0.1, -0.05) is 12.1 Å². The van der Waals surface area contributed by atoms with Crippen molar-refractivity contribution in [1.82, 2.24) is 4.98 Å². The molecule has 0 aliphatic carbocycles. The molecule has 0 N–H and O–H groups in total. The van der Waals surface area contributed by atoms with Gasteiger partial charge in [-0.15, -0.1) is 0 Å². The molecule has 1 aromatic carbocycles. The highest BCUT2D eigenvalue weighted by Crippen LogP contribution is 2.26. The third-order valence-corrected chi connectivity index (χ3v) is 3.73. The summed E-state index contributed by atoms with van der Waals surface area (Å²) >= 11 is 0. The zero-order chi connectivity index (χ0) is 17.1. The van der Waals surface area contributed by atoms with Crippen molar-refractivity contribution in [3.8, 4) is 6.07 Å². The number of benzene rings is 1. The van der Waals surface area contributed by atoms with E-state index < -0.39 is 0 Å². The lowest BCUT2D eigenvalue weighted by Gasteiger charge is -2.34. The molecule has 1 aromatic heterocycles. The van der Waals surface area contributed by atoms with Crippen LogP contribution < -0.4 is 4.90 Å². The molecule has 1 fully saturated rings. The normalized spacial score (nSPS) is 21.2. The third kappa shape index (κ3) is 3.63. The van der Waals surface area contributed by atoms with Crippen LogP contribution in [0, 0.1) is 17.1 Å². The molecule has 2 heterocycles. The quantitative estimate of drug-likeness (QED) is 0.864. The number of morpholine rings is 1. The van der Waals surface area contributed by atoms with Crippen LogP contribution in [0.1, 0.15) is 31.0 Å². The molecular formula is C18H18FN3O2. The van der Waals surface area contributed by atoms with Gasteiger partial charge in [-0.25, -0.2) is 4.39 Å². The van der Waals surface area contributed by atoms with Gasteiger partial charge in [0.15, 0.2) is 0 Å². The van der Waals surface area contributed by atoms with Crippen LogP contribution >= 0.6 is 0 Å². The number of aromatic nitrogens is 1. The van der Waals surface area contributed by atoms with Gasteiger partial charge in [0, 0.05) is 19.2 Å². The van der Waals surface area contributed by atoms with Crippen LogP contribution in [0.2, 0.25) is 0 Å². The Morgan fingerprint density at radius 3 is 2.50 bits per heavy atom. The highest BCUT2D eigenvalue weighted by molar-refractivity contribution is 5.67. The molecule has 0 radical (unpaired) electrons. The molecule has 0 amide bonds. The number of halogens is 1. The van der Waals surface area contributed by atoms with Gasteiger partial charge in [0.1, 0.15) is 11.9 Å². The van der Waals surface area contributed by atoms with Gasteiger partial charge in [-0.05, 0) is 37.6 Å². The molecule has 0 unspecified atom stereocenters. The summed E-state index contributed by atoms with van der Waals surface area (Å²) < 4.78 is 24.4. The molecule has 2 atom stereocenters. The predicted molar refractivity (Wildman–Crippen MR) is 88.8 cm³/mol. The van der Waals surface area contributed by atoms with Crippen LogP contribution in [0.15, 0.2) is 28.7 Å². The Balaban J connectivity index is 1.82. The van der Waals surface area contributed by atoms with Crippen molar-refractivity contribution in [2.24, 2.45) is 0 Å². The Kier molecular flexibility index (Phi) is 4.63. The monoisotopic (exact) mass is 327 g/mol. The molecule has 6 heteroatoms. The zero-order valence-corrected chi connectivity index (χ0v) is 13.6. The number of hydrogen-bond acceptors (Lipinski definition) is 5. The first-order valence-corrected chi connectivity index (χ1v) is 7.80.